The Bertz CT molecular complexity index is 858. The Morgan fingerprint density at radius 3 is 2.39 bits per heavy atom. The first-order valence-electron chi connectivity index (χ1n) is 7.19. The summed E-state index contributed by atoms with van der Waals surface area (Å²) in [6.45, 7) is 7.59. The molecule has 2 aromatic heterocycles. The van der Waals surface area contributed by atoms with Crippen LogP contribution in [-0.4, -0.2) is 26.1 Å². The van der Waals surface area contributed by atoms with Crippen molar-refractivity contribution in [1.29, 1.82) is 0 Å². The maximum atomic E-state index is 12.3. The molecule has 0 aliphatic rings. The van der Waals surface area contributed by atoms with E-state index < -0.39 is 0 Å². The zero-order chi connectivity index (χ0) is 16.6. The molecule has 118 valence electrons. The van der Waals surface area contributed by atoms with E-state index in [9.17, 15) is 4.79 Å². The van der Waals surface area contributed by atoms with E-state index in [1.807, 2.05) is 26.0 Å². The number of benzene rings is 1. The van der Waals surface area contributed by atoms with E-state index >= 15 is 0 Å². The van der Waals surface area contributed by atoms with Crippen molar-refractivity contribution in [2.75, 3.05) is 5.32 Å². The van der Waals surface area contributed by atoms with Crippen LogP contribution in [0.15, 0.2) is 28.8 Å². The van der Waals surface area contributed by atoms with Gasteiger partial charge in [0.25, 0.3) is 5.91 Å². The molecule has 1 aromatic carbocycles. The standard InChI is InChI=1S/C16H17N5O2/c1-9-5-10(2)7-13(6-9)21-12(4)15(18-20-21)16(22)17-14-8-11(3)23-19-14/h5-8H,1-4H3,(H,17,19,22). The van der Waals surface area contributed by atoms with Crippen molar-refractivity contribution >= 4 is 11.7 Å². The lowest BCUT2D eigenvalue weighted by Gasteiger charge is -2.06. The lowest BCUT2D eigenvalue weighted by molar-refractivity contribution is 0.102. The van der Waals surface area contributed by atoms with E-state index in [-0.39, 0.29) is 11.6 Å². The normalized spacial score (nSPS) is 10.8. The average molecular weight is 311 g/mol. The van der Waals surface area contributed by atoms with Gasteiger partial charge in [-0.2, -0.15) is 0 Å². The third-order valence-electron chi connectivity index (χ3n) is 3.43. The molecule has 0 saturated heterocycles. The van der Waals surface area contributed by atoms with E-state index in [0.29, 0.717) is 17.3 Å². The minimum absolute atomic E-state index is 0.254. The molecule has 0 aliphatic heterocycles. The zero-order valence-electron chi connectivity index (χ0n) is 13.4. The molecule has 2 heterocycles. The third-order valence-corrected chi connectivity index (χ3v) is 3.43. The Morgan fingerprint density at radius 2 is 1.78 bits per heavy atom. The second-order valence-electron chi connectivity index (χ2n) is 5.56. The summed E-state index contributed by atoms with van der Waals surface area (Å²) in [5.74, 6) is 0.607. The molecule has 7 heteroatoms. The largest absolute Gasteiger partial charge is 0.360 e. The fraction of sp³-hybridized carbons (Fsp3) is 0.250. The number of aromatic nitrogens is 4. The van der Waals surface area contributed by atoms with Gasteiger partial charge in [-0.1, -0.05) is 16.4 Å². The summed E-state index contributed by atoms with van der Waals surface area (Å²) in [4.78, 5) is 12.3. The van der Waals surface area contributed by atoms with Crippen molar-refractivity contribution in [3.63, 3.8) is 0 Å². The van der Waals surface area contributed by atoms with Gasteiger partial charge in [0.1, 0.15) is 5.76 Å². The molecule has 3 aromatic rings. The molecule has 1 amide bonds. The molecule has 0 fully saturated rings. The molecule has 23 heavy (non-hydrogen) atoms. The summed E-state index contributed by atoms with van der Waals surface area (Å²) in [5, 5.41) is 14.5. The Hall–Kier alpha value is -2.96. The van der Waals surface area contributed by atoms with Crippen LogP contribution in [0.1, 0.15) is 33.1 Å². The number of amides is 1. The lowest BCUT2D eigenvalue weighted by atomic mass is 10.1. The highest BCUT2D eigenvalue weighted by Gasteiger charge is 2.18. The summed E-state index contributed by atoms with van der Waals surface area (Å²) >= 11 is 0. The highest BCUT2D eigenvalue weighted by Crippen LogP contribution is 2.17. The van der Waals surface area contributed by atoms with Crippen LogP contribution in [0.3, 0.4) is 0 Å². The Labute approximate surface area is 133 Å². The van der Waals surface area contributed by atoms with Crippen molar-refractivity contribution < 1.29 is 9.32 Å². The summed E-state index contributed by atoms with van der Waals surface area (Å²) in [7, 11) is 0. The van der Waals surface area contributed by atoms with Crippen LogP contribution >= 0.6 is 0 Å². The van der Waals surface area contributed by atoms with Gasteiger partial charge in [-0.15, -0.1) is 5.10 Å². The maximum absolute atomic E-state index is 12.3. The van der Waals surface area contributed by atoms with Crippen LogP contribution in [0, 0.1) is 27.7 Å². The predicted molar refractivity (Wildman–Crippen MR) is 84.8 cm³/mol. The monoisotopic (exact) mass is 311 g/mol. The van der Waals surface area contributed by atoms with Crippen LogP contribution < -0.4 is 5.32 Å². The van der Waals surface area contributed by atoms with Crippen LogP contribution in [0.5, 0.6) is 0 Å². The van der Waals surface area contributed by atoms with Gasteiger partial charge >= 0.3 is 0 Å². The molecule has 0 atom stereocenters. The summed E-state index contributed by atoms with van der Waals surface area (Å²) in [5.41, 5.74) is 4.04. The summed E-state index contributed by atoms with van der Waals surface area (Å²) in [6.07, 6.45) is 0. The Balaban J connectivity index is 1.91. The SMILES string of the molecule is Cc1cc(C)cc(-n2nnc(C(=O)Nc3cc(C)on3)c2C)c1. The van der Waals surface area contributed by atoms with Gasteiger partial charge in [0.2, 0.25) is 0 Å². The number of carbonyl (C=O) groups excluding carboxylic acids is 1. The second kappa shape index (κ2) is 5.68. The number of nitrogens with one attached hydrogen (secondary N) is 1. The van der Waals surface area contributed by atoms with E-state index in [0.717, 1.165) is 16.8 Å². The zero-order valence-corrected chi connectivity index (χ0v) is 13.4. The highest BCUT2D eigenvalue weighted by atomic mass is 16.5. The van der Waals surface area contributed by atoms with Crippen LogP contribution in [0.25, 0.3) is 5.69 Å². The first kappa shape index (κ1) is 15.0. The predicted octanol–water partition coefficient (Wildman–Crippen LogP) is 2.74. The third kappa shape index (κ3) is 2.98. The minimum atomic E-state index is -0.369. The molecule has 7 nitrogen and oxygen atoms in total. The van der Waals surface area contributed by atoms with Crippen LogP contribution in [-0.2, 0) is 0 Å². The molecule has 3 rings (SSSR count). The van der Waals surface area contributed by atoms with Gasteiger partial charge < -0.3 is 9.84 Å². The van der Waals surface area contributed by atoms with E-state index in [1.54, 1.807) is 24.6 Å². The molecule has 0 saturated carbocycles. The quantitative estimate of drug-likeness (QED) is 0.803. The second-order valence-corrected chi connectivity index (χ2v) is 5.56. The molecule has 0 spiro atoms. The number of rotatable bonds is 3. The number of aryl methyl sites for hydroxylation is 3. The van der Waals surface area contributed by atoms with Crippen molar-refractivity contribution in [2.45, 2.75) is 27.7 Å². The van der Waals surface area contributed by atoms with Gasteiger partial charge in [-0.05, 0) is 51.0 Å². The maximum Gasteiger partial charge on any atom is 0.279 e. The molecular formula is C16H17N5O2. The number of anilines is 1. The van der Waals surface area contributed by atoms with Gasteiger partial charge in [-0.3, -0.25) is 4.79 Å². The fourth-order valence-corrected chi connectivity index (χ4v) is 2.46. The van der Waals surface area contributed by atoms with E-state index in [4.69, 9.17) is 4.52 Å². The molecule has 0 bridgehead atoms. The molecule has 1 N–H and O–H groups in total. The van der Waals surface area contributed by atoms with E-state index in [2.05, 4.69) is 26.9 Å². The van der Waals surface area contributed by atoms with Gasteiger partial charge in [0.05, 0.1) is 11.4 Å². The van der Waals surface area contributed by atoms with Crippen molar-refractivity contribution in [3.8, 4) is 5.69 Å². The van der Waals surface area contributed by atoms with Gasteiger partial charge in [-0.25, -0.2) is 4.68 Å². The number of hydrogen-bond acceptors (Lipinski definition) is 5. The Morgan fingerprint density at radius 1 is 1.09 bits per heavy atom. The number of nitrogens with zero attached hydrogens (tertiary/aromatic N) is 4. The van der Waals surface area contributed by atoms with E-state index in [1.165, 1.54) is 0 Å². The fourth-order valence-electron chi connectivity index (χ4n) is 2.46. The Kier molecular flexibility index (Phi) is 3.69. The average Bonchev–Trinajstić information content (AvgIpc) is 3.04. The topological polar surface area (TPSA) is 85.8 Å². The summed E-state index contributed by atoms with van der Waals surface area (Å²) in [6, 6.07) is 7.71. The smallest absolute Gasteiger partial charge is 0.279 e. The summed E-state index contributed by atoms with van der Waals surface area (Å²) < 4.78 is 6.58. The first-order valence-corrected chi connectivity index (χ1v) is 7.19. The van der Waals surface area contributed by atoms with Gasteiger partial charge in [0.15, 0.2) is 11.5 Å². The molecule has 0 aliphatic carbocycles. The van der Waals surface area contributed by atoms with Crippen molar-refractivity contribution in [2.24, 2.45) is 0 Å². The van der Waals surface area contributed by atoms with Crippen LogP contribution in [0.4, 0.5) is 5.82 Å². The molecular weight excluding hydrogens is 294 g/mol. The van der Waals surface area contributed by atoms with Crippen LogP contribution in [0.2, 0.25) is 0 Å². The minimum Gasteiger partial charge on any atom is -0.360 e. The number of hydrogen-bond donors (Lipinski definition) is 1. The highest BCUT2D eigenvalue weighted by molar-refractivity contribution is 6.03. The van der Waals surface area contributed by atoms with Crippen molar-refractivity contribution in [3.05, 3.63) is 52.5 Å². The number of carbonyl (C=O) groups is 1. The lowest BCUT2D eigenvalue weighted by Crippen LogP contribution is -2.14. The molecule has 0 unspecified atom stereocenters. The van der Waals surface area contributed by atoms with Crippen molar-refractivity contribution in [1.82, 2.24) is 20.2 Å². The van der Waals surface area contributed by atoms with Gasteiger partial charge in [0, 0.05) is 6.07 Å². The molecule has 0 radical (unpaired) electrons. The first-order chi connectivity index (χ1) is 10.9.